The van der Waals surface area contributed by atoms with Gasteiger partial charge in [0.05, 0.1) is 15.9 Å². The van der Waals surface area contributed by atoms with Crippen molar-refractivity contribution in [3.63, 3.8) is 0 Å². The van der Waals surface area contributed by atoms with Crippen molar-refractivity contribution in [2.45, 2.75) is 39.2 Å². The third-order valence-electron chi connectivity index (χ3n) is 5.11. The van der Waals surface area contributed by atoms with Crippen LogP contribution in [-0.4, -0.2) is 28.3 Å². The fourth-order valence-corrected chi connectivity index (χ4v) is 4.63. The van der Waals surface area contributed by atoms with Gasteiger partial charge in [0.25, 0.3) is 0 Å². The first kappa shape index (κ1) is 13.6. The molecule has 2 saturated carbocycles. The third kappa shape index (κ3) is 2.62. The summed E-state index contributed by atoms with van der Waals surface area (Å²) in [4.78, 5) is 2.48. The number of aryl methyl sites for hydroxylation is 2. The SMILES string of the molecule is Cc1nn(C)c(CN(C)CC2CC3CCC2C3)c1Br. The molecule has 0 spiro atoms. The highest BCUT2D eigenvalue weighted by Gasteiger charge is 2.39. The van der Waals surface area contributed by atoms with Crippen LogP contribution in [0.1, 0.15) is 37.1 Å². The Morgan fingerprint density at radius 2 is 2.16 bits per heavy atom. The van der Waals surface area contributed by atoms with Crippen molar-refractivity contribution in [1.82, 2.24) is 14.7 Å². The number of hydrogen-bond acceptors (Lipinski definition) is 2. The average Bonchev–Trinajstić information content (AvgIpc) is 3.01. The van der Waals surface area contributed by atoms with Crippen LogP contribution in [0, 0.1) is 24.7 Å². The Balaban J connectivity index is 1.60. The summed E-state index contributed by atoms with van der Waals surface area (Å²) in [6.07, 6.45) is 5.96. The molecule has 2 fully saturated rings. The van der Waals surface area contributed by atoms with Crippen molar-refractivity contribution in [1.29, 1.82) is 0 Å². The van der Waals surface area contributed by atoms with Gasteiger partial charge in [0, 0.05) is 20.1 Å². The Morgan fingerprint density at radius 3 is 2.68 bits per heavy atom. The van der Waals surface area contributed by atoms with Gasteiger partial charge in [-0.15, -0.1) is 0 Å². The predicted octanol–water partition coefficient (Wildman–Crippen LogP) is 3.36. The number of halogens is 1. The Kier molecular flexibility index (Phi) is 3.73. The van der Waals surface area contributed by atoms with Crippen LogP contribution in [0.2, 0.25) is 0 Å². The van der Waals surface area contributed by atoms with Gasteiger partial charge < -0.3 is 4.90 Å². The van der Waals surface area contributed by atoms with Gasteiger partial charge in [-0.3, -0.25) is 4.68 Å². The number of hydrogen-bond donors (Lipinski definition) is 0. The second-order valence-corrected chi connectivity index (χ2v) is 7.39. The standard InChI is InChI=1S/C15H24BrN3/c1-10-15(16)14(19(3)17-10)9-18(2)8-13-7-11-4-5-12(13)6-11/h11-13H,4-9H2,1-3H3. The molecule has 3 nitrogen and oxygen atoms in total. The Labute approximate surface area is 124 Å². The lowest BCUT2D eigenvalue weighted by Crippen LogP contribution is -2.29. The van der Waals surface area contributed by atoms with E-state index in [1.807, 2.05) is 11.7 Å². The molecule has 2 bridgehead atoms. The molecule has 3 atom stereocenters. The number of nitrogens with zero attached hydrogens (tertiary/aromatic N) is 3. The van der Waals surface area contributed by atoms with Crippen molar-refractivity contribution in [3.8, 4) is 0 Å². The second-order valence-electron chi connectivity index (χ2n) is 6.60. The highest BCUT2D eigenvalue weighted by atomic mass is 79.9. The Morgan fingerprint density at radius 1 is 1.37 bits per heavy atom. The largest absolute Gasteiger partial charge is 0.300 e. The molecular weight excluding hydrogens is 302 g/mol. The van der Waals surface area contributed by atoms with Crippen LogP contribution < -0.4 is 0 Å². The van der Waals surface area contributed by atoms with E-state index in [0.29, 0.717) is 0 Å². The first-order chi connectivity index (χ1) is 9.04. The zero-order valence-electron chi connectivity index (χ0n) is 12.2. The molecule has 0 aromatic carbocycles. The molecule has 2 aliphatic rings. The lowest BCUT2D eigenvalue weighted by atomic mass is 9.88. The molecule has 0 aliphatic heterocycles. The fraction of sp³-hybridized carbons (Fsp3) is 0.800. The van der Waals surface area contributed by atoms with Crippen LogP contribution >= 0.6 is 15.9 Å². The van der Waals surface area contributed by atoms with E-state index in [4.69, 9.17) is 0 Å². The molecule has 0 radical (unpaired) electrons. The molecule has 19 heavy (non-hydrogen) atoms. The van der Waals surface area contributed by atoms with Gasteiger partial charge in [-0.05, 0) is 66.9 Å². The zero-order valence-corrected chi connectivity index (χ0v) is 13.8. The van der Waals surface area contributed by atoms with E-state index in [-0.39, 0.29) is 0 Å². The van der Waals surface area contributed by atoms with E-state index < -0.39 is 0 Å². The van der Waals surface area contributed by atoms with Gasteiger partial charge in [-0.25, -0.2) is 0 Å². The molecule has 3 rings (SSSR count). The van der Waals surface area contributed by atoms with Gasteiger partial charge in [-0.1, -0.05) is 6.42 Å². The van der Waals surface area contributed by atoms with Crippen molar-refractivity contribution >= 4 is 15.9 Å². The topological polar surface area (TPSA) is 21.1 Å². The molecule has 106 valence electrons. The molecule has 3 unspecified atom stereocenters. The van der Waals surface area contributed by atoms with Crippen LogP contribution in [0.15, 0.2) is 4.47 Å². The molecule has 1 heterocycles. The maximum absolute atomic E-state index is 4.48. The highest BCUT2D eigenvalue weighted by Crippen LogP contribution is 2.48. The molecule has 1 aromatic heterocycles. The van der Waals surface area contributed by atoms with Crippen LogP contribution in [-0.2, 0) is 13.6 Å². The Bertz CT molecular complexity index is 468. The van der Waals surface area contributed by atoms with E-state index in [1.54, 1.807) is 0 Å². The van der Waals surface area contributed by atoms with E-state index >= 15 is 0 Å². The highest BCUT2D eigenvalue weighted by molar-refractivity contribution is 9.10. The summed E-state index contributed by atoms with van der Waals surface area (Å²) < 4.78 is 3.19. The van der Waals surface area contributed by atoms with Gasteiger partial charge in [0.2, 0.25) is 0 Å². The zero-order chi connectivity index (χ0) is 13.6. The third-order valence-corrected chi connectivity index (χ3v) is 6.14. The van der Waals surface area contributed by atoms with Gasteiger partial charge >= 0.3 is 0 Å². The Hall–Kier alpha value is -0.350. The lowest BCUT2D eigenvalue weighted by molar-refractivity contribution is 0.211. The van der Waals surface area contributed by atoms with Gasteiger partial charge in [0.15, 0.2) is 0 Å². The van der Waals surface area contributed by atoms with Crippen molar-refractivity contribution < 1.29 is 0 Å². The van der Waals surface area contributed by atoms with Crippen molar-refractivity contribution in [2.24, 2.45) is 24.8 Å². The molecular formula is C15H24BrN3. The molecule has 1 aromatic rings. The molecule has 0 saturated heterocycles. The van der Waals surface area contributed by atoms with E-state index in [2.05, 4.69) is 39.9 Å². The summed E-state index contributed by atoms with van der Waals surface area (Å²) in [5, 5.41) is 4.48. The maximum Gasteiger partial charge on any atom is 0.0739 e. The molecule has 0 amide bonds. The predicted molar refractivity (Wildman–Crippen MR) is 80.9 cm³/mol. The van der Waals surface area contributed by atoms with Crippen LogP contribution in [0.25, 0.3) is 0 Å². The first-order valence-corrected chi connectivity index (χ1v) is 8.20. The van der Waals surface area contributed by atoms with Crippen LogP contribution in [0.5, 0.6) is 0 Å². The number of fused-ring (bicyclic) bond motifs is 2. The number of aromatic nitrogens is 2. The first-order valence-electron chi connectivity index (χ1n) is 7.41. The smallest absolute Gasteiger partial charge is 0.0739 e. The monoisotopic (exact) mass is 325 g/mol. The lowest BCUT2D eigenvalue weighted by Gasteiger charge is -2.27. The van der Waals surface area contributed by atoms with Crippen molar-refractivity contribution in [3.05, 3.63) is 15.9 Å². The van der Waals surface area contributed by atoms with E-state index in [1.165, 1.54) is 42.4 Å². The van der Waals surface area contributed by atoms with Crippen molar-refractivity contribution in [2.75, 3.05) is 13.6 Å². The summed E-state index contributed by atoms with van der Waals surface area (Å²) in [6.45, 7) is 4.30. The summed E-state index contributed by atoms with van der Waals surface area (Å²) in [7, 11) is 4.29. The summed E-state index contributed by atoms with van der Waals surface area (Å²) >= 11 is 3.66. The maximum atomic E-state index is 4.48. The average molecular weight is 326 g/mol. The minimum Gasteiger partial charge on any atom is -0.300 e. The quantitative estimate of drug-likeness (QED) is 0.846. The molecule has 4 heteroatoms. The van der Waals surface area contributed by atoms with E-state index in [0.717, 1.165) is 30.0 Å². The van der Waals surface area contributed by atoms with Crippen LogP contribution in [0.3, 0.4) is 0 Å². The molecule has 0 N–H and O–H groups in total. The summed E-state index contributed by atoms with van der Waals surface area (Å²) in [5.74, 6) is 3.01. The number of rotatable bonds is 4. The van der Waals surface area contributed by atoms with Gasteiger partial charge in [-0.2, -0.15) is 5.10 Å². The minimum atomic E-state index is 0.942. The van der Waals surface area contributed by atoms with E-state index in [9.17, 15) is 0 Å². The fourth-order valence-electron chi connectivity index (χ4n) is 4.17. The minimum absolute atomic E-state index is 0.942. The second kappa shape index (κ2) is 5.21. The van der Waals surface area contributed by atoms with Gasteiger partial charge in [0.1, 0.15) is 0 Å². The normalized spacial score (nSPS) is 29.6. The van der Waals surface area contributed by atoms with Crippen LogP contribution in [0.4, 0.5) is 0 Å². The molecule has 2 aliphatic carbocycles. The summed E-state index contributed by atoms with van der Waals surface area (Å²) in [6, 6.07) is 0. The summed E-state index contributed by atoms with van der Waals surface area (Å²) in [5.41, 5.74) is 2.38.